The highest BCUT2D eigenvalue weighted by Gasteiger charge is 2.43. The highest BCUT2D eigenvalue weighted by Crippen LogP contribution is 2.28. The maximum absolute atomic E-state index is 13.1. The van der Waals surface area contributed by atoms with Crippen LogP contribution < -0.4 is 9.64 Å². The van der Waals surface area contributed by atoms with Gasteiger partial charge in [-0.25, -0.2) is 4.90 Å². The van der Waals surface area contributed by atoms with Crippen LogP contribution in [0.15, 0.2) is 42.5 Å². The first-order chi connectivity index (χ1) is 15.5. The van der Waals surface area contributed by atoms with Crippen molar-refractivity contribution in [2.75, 3.05) is 37.7 Å². The number of amides is 2. The Morgan fingerprint density at radius 2 is 1.72 bits per heavy atom. The van der Waals surface area contributed by atoms with E-state index < -0.39 is 6.04 Å². The minimum Gasteiger partial charge on any atom is -0.494 e. The van der Waals surface area contributed by atoms with E-state index in [1.54, 1.807) is 30.3 Å². The summed E-state index contributed by atoms with van der Waals surface area (Å²) in [5.41, 5.74) is 1.64. The molecule has 2 aromatic carbocycles. The van der Waals surface area contributed by atoms with E-state index in [-0.39, 0.29) is 18.2 Å². The Bertz CT molecular complexity index is 975. The van der Waals surface area contributed by atoms with Crippen molar-refractivity contribution in [3.8, 4) is 5.75 Å². The number of nitrogens with zero attached hydrogens (tertiary/aromatic N) is 3. The van der Waals surface area contributed by atoms with Crippen LogP contribution >= 0.6 is 23.2 Å². The minimum absolute atomic E-state index is 0.147. The van der Waals surface area contributed by atoms with Gasteiger partial charge in [0.2, 0.25) is 5.91 Å². The molecule has 2 aromatic rings. The number of hydrogen-bond acceptors (Lipinski definition) is 5. The largest absolute Gasteiger partial charge is 0.494 e. The van der Waals surface area contributed by atoms with Crippen LogP contribution in [0.1, 0.15) is 25.3 Å². The molecule has 0 spiro atoms. The molecule has 2 fully saturated rings. The minimum atomic E-state index is -0.403. The smallest absolute Gasteiger partial charge is 0.251 e. The molecular weight excluding hydrogens is 449 g/mol. The zero-order valence-electron chi connectivity index (χ0n) is 18.1. The summed E-state index contributed by atoms with van der Waals surface area (Å²) in [6, 6.07) is 12.3. The molecule has 0 bridgehead atoms. The van der Waals surface area contributed by atoms with Crippen molar-refractivity contribution < 1.29 is 14.3 Å². The van der Waals surface area contributed by atoms with Crippen molar-refractivity contribution in [1.29, 1.82) is 0 Å². The van der Waals surface area contributed by atoms with E-state index in [1.165, 1.54) is 4.90 Å². The highest BCUT2D eigenvalue weighted by molar-refractivity contribution is 6.35. The number of carbonyl (C=O) groups excluding carboxylic acids is 2. The summed E-state index contributed by atoms with van der Waals surface area (Å²) in [4.78, 5) is 31.5. The molecule has 2 heterocycles. The fraction of sp³-hybridized carbons (Fsp3) is 0.417. The van der Waals surface area contributed by atoms with Gasteiger partial charge in [-0.3, -0.25) is 19.4 Å². The van der Waals surface area contributed by atoms with Crippen molar-refractivity contribution in [3.63, 3.8) is 0 Å². The Balaban J connectivity index is 1.35. The number of benzene rings is 2. The van der Waals surface area contributed by atoms with Crippen LogP contribution in [0.2, 0.25) is 10.0 Å². The average molecular weight is 476 g/mol. The number of ether oxygens (including phenoxy) is 1. The van der Waals surface area contributed by atoms with E-state index in [4.69, 9.17) is 27.9 Å². The molecule has 1 atom stereocenters. The van der Waals surface area contributed by atoms with Crippen molar-refractivity contribution >= 4 is 40.7 Å². The van der Waals surface area contributed by atoms with Gasteiger partial charge in [-0.2, -0.15) is 0 Å². The molecule has 32 heavy (non-hydrogen) atoms. The molecule has 8 heteroatoms. The predicted molar refractivity (Wildman–Crippen MR) is 126 cm³/mol. The Kier molecular flexibility index (Phi) is 7.36. The fourth-order valence-electron chi connectivity index (χ4n) is 4.21. The van der Waals surface area contributed by atoms with Crippen LogP contribution in [0.25, 0.3) is 0 Å². The van der Waals surface area contributed by atoms with Crippen LogP contribution in [0.4, 0.5) is 5.69 Å². The normalized spacial score (nSPS) is 20.2. The summed E-state index contributed by atoms with van der Waals surface area (Å²) in [7, 11) is 0. The quantitative estimate of drug-likeness (QED) is 0.560. The van der Waals surface area contributed by atoms with Crippen molar-refractivity contribution in [3.05, 3.63) is 58.1 Å². The number of halogens is 2. The van der Waals surface area contributed by atoms with E-state index >= 15 is 0 Å². The molecule has 0 aromatic heterocycles. The molecule has 0 N–H and O–H groups in total. The van der Waals surface area contributed by atoms with Gasteiger partial charge in [0.25, 0.3) is 5.91 Å². The first kappa shape index (κ1) is 23.1. The van der Waals surface area contributed by atoms with Gasteiger partial charge in [-0.1, -0.05) is 36.2 Å². The Labute approximate surface area is 198 Å². The van der Waals surface area contributed by atoms with E-state index in [0.29, 0.717) is 22.3 Å². The maximum atomic E-state index is 13.1. The second-order valence-electron chi connectivity index (χ2n) is 8.18. The Morgan fingerprint density at radius 3 is 2.38 bits per heavy atom. The molecule has 6 nitrogen and oxygen atoms in total. The SMILES string of the molecule is CCCOc1ccc(N2C(=O)CC(N3CCN(Cc4ccc(Cl)cc4Cl)CC3)C2=O)cc1. The number of hydrogen-bond donors (Lipinski definition) is 0. The predicted octanol–water partition coefficient (Wildman–Crippen LogP) is 4.23. The van der Waals surface area contributed by atoms with Gasteiger partial charge < -0.3 is 4.74 Å². The third-order valence-corrected chi connectivity index (χ3v) is 6.53. The molecule has 170 valence electrons. The molecular formula is C24H27Cl2N3O3. The lowest BCUT2D eigenvalue weighted by atomic mass is 10.1. The molecule has 4 rings (SSSR count). The van der Waals surface area contributed by atoms with E-state index in [1.807, 2.05) is 19.1 Å². The maximum Gasteiger partial charge on any atom is 0.251 e. The first-order valence-corrected chi connectivity index (χ1v) is 11.7. The van der Waals surface area contributed by atoms with E-state index in [9.17, 15) is 9.59 Å². The number of piperazine rings is 1. The second-order valence-corrected chi connectivity index (χ2v) is 9.02. The van der Waals surface area contributed by atoms with Crippen LogP contribution in [-0.4, -0.2) is 60.4 Å². The summed E-state index contributed by atoms with van der Waals surface area (Å²) in [6.45, 7) is 6.49. The van der Waals surface area contributed by atoms with Crippen molar-refractivity contribution in [2.24, 2.45) is 0 Å². The molecule has 2 aliphatic heterocycles. The first-order valence-electron chi connectivity index (χ1n) is 11.0. The zero-order chi connectivity index (χ0) is 22.7. The van der Waals surface area contributed by atoms with Crippen LogP contribution in [-0.2, 0) is 16.1 Å². The summed E-state index contributed by atoms with van der Waals surface area (Å²) >= 11 is 12.3. The monoisotopic (exact) mass is 475 g/mol. The number of anilines is 1. The van der Waals surface area contributed by atoms with Crippen LogP contribution in [0.3, 0.4) is 0 Å². The average Bonchev–Trinajstić information content (AvgIpc) is 3.09. The molecule has 1 unspecified atom stereocenters. The molecule has 2 saturated heterocycles. The molecule has 0 saturated carbocycles. The molecule has 0 radical (unpaired) electrons. The number of imide groups is 1. The lowest BCUT2D eigenvalue weighted by Gasteiger charge is -2.37. The number of carbonyl (C=O) groups is 2. The van der Waals surface area contributed by atoms with Crippen LogP contribution in [0, 0.1) is 0 Å². The standard InChI is InChI=1S/C24H27Cl2N3O3/c1-2-13-32-20-7-5-19(6-8-20)29-23(30)15-22(24(29)31)28-11-9-27(10-12-28)16-17-3-4-18(25)14-21(17)26/h3-8,14,22H,2,9-13,15-16H2,1H3. The van der Waals surface area contributed by atoms with Gasteiger partial charge in [0.05, 0.1) is 24.8 Å². The topological polar surface area (TPSA) is 53.1 Å². The Hall–Kier alpha value is -2.12. The third kappa shape index (κ3) is 5.09. The van der Waals surface area contributed by atoms with Crippen molar-refractivity contribution in [1.82, 2.24) is 9.80 Å². The van der Waals surface area contributed by atoms with Gasteiger partial charge in [0.15, 0.2) is 0 Å². The van der Waals surface area contributed by atoms with Crippen molar-refractivity contribution in [2.45, 2.75) is 32.4 Å². The summed E-state index contributed by atoms with van der Waals surface area (Å²) < 4.78 is 5.59. The lowest BCUT2D eigenvalue weighted by Crippen LogP contribution is -2.52. The molecule has 0 aliphatic carbocycles. The number of rotatable bonds is 7. The molecule has 2 amide bonds. The summed E-state index contributed by atoms with van der Waals surface area (Å²) in [5, 5.41) is 1.29. The highest BCUT2D eigenvalue weighted by atomic mass is 35.5. The Morgan fingerprint density at radius 1 is 1.00 bits per heavy atom. The zero-order valence-corrected chi connectivity index (χ0v) is 19.6. The van der Waals surface area contributed by atoms with Gasteiger partial charge in [-0.15, -0.1) is 0 Å². The summed E-state index contributed by atoms with van der Waals surface area (Å²) in [5.74, 6) is 0.437. The third-order valence-electron chi connectivity index (χ3n) is 5.95. The van der Waals surface area contributed by atoms with Gasteiger partial charge in [-0.05, 0) is 48.4 Å². The van der Waals surface area contributed by atoms with Gasteiger partial charge in [0.1, 0.15) is 5.75 Å². The summed E-state index contributed by atoms with van der Waals surface area (Å²) in [6.07, 6.45) is 1.14. The molecule has 2 aliphatic rings. The van der Waals surface area contributed by atoms with Crippen LogP contribution in [0.5, 0.6) is 5.75 Å². The van der Waals surface area contributed by atoms with Gasteiger partial charge in [0, 0.05) is 42.8 Å². The van der Waals surface area contributed by atoms with E-state index in [0.717, 1.165) is 50.5 Å². The fourth-order valence-corrected chi connectivity index (χ4v) is 4.68. The second kappa shape index (κ2) is 10.2. The lowest BCUT2D eigenvalue weighted by molar-refractivity contribution is -0.123. The van der Waals surface area contributed by atoms with E-state index in [2.05, 4.69) is 9.80 Å². The van der Waals surface area contributed by atoms with Gasteiger partial charge >= 0.3 is 0 Å².